The molecular formula is C14H17N5. The van der Waals surface area contributed by atoms with Crippen LogP contribution in [0.4, 0.5) is 11.6 Å². The summed E-state index contributed by atoms with van der Waals surface area (Å²) < 4.78 is 0. The van der Waals surface area contributed by atoms with Gasteiger partial charge in [0.1, 0.15) is 5.82 Å². The molecule has 0 aliphatic carbocycles. The van der Waals surface area contributed by atoms with Gasteiger partial charge in [-0.15, -0.1) is 0 Å². The second kappa shape index (κ2) is 5.75. The maximum absolute atomic E-state index is 4.52. The fraction of sp³-hybridized carbons (Fsp3) is 0.357. The van der Waals surface area contributed by atoms with Crippen LogP contribution in [0.5, 0.6) is 0 Å². The Kier molecular flexibility index (Phi) is 3.65. The normalized spacial score (nSPS) is 16.2. The first-order valence-corrected chi connectivity index (χ1v) is 6.63. The van der Waals surface area contributed by atoms with Crippen molar-refractivity contribution >= 4 is 11.6 Å². The average molecular weight is 255 g/mol. The van der Waals surface area contributed by atoms with Crippen molar-refractivity contribution in [3.8, 4) is 0 Å². The fourth-order valence-corrected chi connectivity index (χ4v) is 2.40. The summed E-state index contributed by atoms with van der Waals surface area (Å²) in [5, 5.41) is 6.64. The number of rotatable bonds is 3. The molecular weight excluding hydrogens is 238 g/mol. The lowest BCUT2D eigenvalue weighted by Gasteiger charge is -2.23. The maximum Gasteiger partial charge on any atom is 0.153 e. The second-order valence-corrected chi connectivity index (χ2v) is 4.65. The quantitative estimate of drug-likeness (QED) is 0.879. The molecule has 5 heteroatoms. The standard InChI is InChI=1S/C14H17N5/c1-2-6-16-12(3-1)19-14-13(17-9-10-18-14)11-4-7-15-8-5-11/h1-3,6,9-11,15H,4-5,7-8H2,(H,16,18,19). The number of piperidine rings is 1. The van der Waals surface area contributed by atoms with Gasteiger partial charge in [-0.3, -0.25) is 4.98 Å². The molecule has 3 heterocycles. The van der Waals surface area contributed by atoms with Crippen molar-refractivity contribution in [2.24, 2.45) is 0 Å². The predicted octanol–water partition coefficient (Wildman–Crippen LogP) is 2.08. The van der Waals surface area contributed by atoms with E-state index in [1.807, 2.05) is 18.2 Å². The molecule has 1 saturated heterocycles. The molecule has 2 N–H and O–H groups in total. The first-order chi connectivity index (χ1) is 9.43. The second-order valence-electron chi connectivity index (χ2n) is 4.65. The lowest BCUT2D eigenvalue weighted by Crippen LogP contribution is -2.27. The smallest absolute Gasteiger partial charge is 0.153 e. The van der Waals surface area contributed by atoms with Crippen LogP contribution in [0.15, 0.2) is 36.8 Å². The molecule has 1 aliphatic rings. The summed E-state index contributed by atoms with van der Waals surface area (Å²) in [5.74, 6) is 2.10. The van der Waals surface area contributed by atoms with E-state index in [-0.39, 0.29) is 0 Å². The Bertz CT molecular complexity index is 522. The maximum atomic E-state index is 4.52. The van der Waals surface area contributed by atoms with Gasteiger partial charge in [-0.25, -0.2) is 9.97 Å². The lowest BCUT2D eigenvalue weighted by atomic mass is 9.94. The Morgan fingerprint density at radius 2 is 1.84 bits per heavy atom. The highest BCUT2D eigenvalue weighted by Crippen LogP contribution is 2.28. The van der Waals surface area contributed by atoms with Crippen LogP contribution in [0.3, 0.4) is 0 Å². The lowest BCUT2D eigenvalue weighted by molar-refractivity contribution is 0.453. The van der Waals surface area contributed by atoms with Gasteiger partial charge in [-0.1, -0.05) is 6.07 Å². The molecule has 3 rings (SSSR count). The van der Waals surface area contributed by atoms with Crippen LogP contribution in [0.2, 0.25) is 0 Å². The number of nitrogens with one attached hydrogen (secondary N) is 2. The van der Waals surface area contributed by atoms with Crippen LogP contribution in [-0.4, -0.2) is 28.0 Å². The molecule has 0 spiro atoms. The number of aromatic nitrogens is 3. The molecule has 5 nitrogen and oxygen atoms in total. The van der Waals surface area contributed by atoms with Gasteiger partial charge < -0.3 is 10.6 Å². The first-order valence-electron chi connectivity index (χ1n) is 6.63. The molecule has 0 atom stereocenters. The number of hydrogen-bond donors (Lipinski definition) is 2. The molecule has 0 amide bonds. The van der Waals surface area contributed by atoms with E-state index in [4.69, 9.17) is 0 Å². The zero-order chi connectivity index (χ0) is 12.9. The Morgan fingerprint density at radius 1 is 1.00 bits per heavy atom. The number of pyridine rings is 1. The van der Waals surface area contributed by atoms with Gasteiger partial charge >= 0.3 is 0 Å². The van der Waals surface area contributed by atoms with Crippen molar-refractivity contribution in [3.05, 3.63) is 42.5 Å². The molecule has 0 saturated carbocycles. The van der Waals surface area contributed by atoms with E-state index in [9.17, 15) is 0 Å². The Labute approximate surface area is 112 Å². The monoisotopic (exact) mass is 255 g/mol. The van der Waals surface area contributed by atoms with E-state index in [1.54, 1.807) is 18.6 Å². The summed E-state index contributed by atoms with van der Waals surface area (Å²) in [6.07, 6.45) is 7.46. The molecule has 0 aromatic carbocycles. The van der Waals surface area contributed by atoms with Crippen molar-refractivity contribution in [2.75, 3.05) is 18.4 Å². The van der Waals surface area contributed by atoms with Crippen LogP contribution >= 0.6 is 0 Å². The SMILES string of the molecule is c1ccc(Nc2nccnc2C2CCNCC2)nc1. The van der Waals surface area contributed by atoms with Crippen molar-refractivity contribution in [3.63, 3.8) is 0 Å². The molecule has 19 heavy (non-hydrogen) atoms. The summed E-state index contributed by atoms with van der Waals surface area (Å²) in [6.45, 7) is 2.09. The fourth-order valence-electron chi connectivity index (χ4n) is 2.40. The van der Waals surface area contributed by atoms with Gasteiger partial charge in [0, 0.05) is 24.5 Å². The van der Waals surface area contributed by atoms with E-state index < -0.39 is 0 Å². The largest absolute Gasteiger partial charge is 0.323 e. The van der Waals surface area contributed by atoms with Gasteiger partial charge in [0.2, 0.25) is 0 Å². The van der Waals surface area contributed by atoms with E-state index in [0.717, 1.165) is 43.3 Å². The average Bonchev–Trinajstić information content (AvgIpc) is 2.50. The van der Waals surface area contributed by atoms with E-state index in [2.05, 4.69) is 25.6 Å². The van der Waals surface area contributed by atoms with Gasteiger partial charge in [0.05, 0.1) is 5.69 Å². The van der Waals surface area contributed by atoms with Crippen LogP contribution in [0.1, 0.15) is 24.5 Å². The van der Waals surface area contributed by atoms with Gasteiger partial charge in [0.25, 0.3) is 0 Å². The number of anilines is 2. The number of nitrogens with zero attached hydrogens (tertiary/aromatic N) is 3. The van der Waals surface area contributed by atoms with Crippen molar-refractivity contribution in [1.29, 1.82) is 0 Å². The Morgan fingerprint density at radius 3 is 2.63 bits per heavy atom. The van der Waals surface area contributed by atoms with Crippen molar-refractivity contribution < 1.29 is 0 Å². The molecule has 1 fully saturated rings. The molecule has 0 radical (unpaired) electrons. The summed E-state index contributed by atoms with van der Waals surface area (Å²) in [5.41, 5.74) is 1.05. The molecule has 0 bridgehead atoms. The van der Waals surface area contributed by atoms with E-state index >= 15 is 0 Å². The minimum atomic E-state index is 0.473. The third kappa shape index (κ3) is 2.88. The molecule has 1 aliphatic heterocycles. The van der Waals surface area contributed by atoms with Crippen LogP contribution in [-0.2, 0) is 0 Å². The highest BCUT2D eigenvalue weighted by Gasteiger charge is 2.20. The topological polar surface area (TPSA) is 62.7 Å². The third-order valence-electron chi connectivity index (χ3n) is 3.36. The minimum Gasteiger partial charge on any atom is -0.323 e. The molecule has 98 valence electrons. The van der Waals surface area contributed by atoms with Crippen LogP contribution in [0.25, 0.3) is 0 Å². The first kappa shape index (κ1) is 12.0. The predicted molar refractivity (Wildman–Crippen MR) is 74.4 cm³/mol. The molecule has 2 aromatic rings. The van der Waals surface area contributed by atoms with Crippen molar-refractivity contribution in [2.45, 2.75) is 18.8 Å². The summed E-state index contributed by atoms with van der Waals surface area (Å²) in [7, 11) is 0. The minimum absolute atomic E-state index is 0.473. The zero-order valence-electron chi connectivity index (χ0n) is 10.7. The van der Waals surface area contributed by atoms with Crippen LogP contribution in [0, 0.1) is 0 Å². The Hall–Kier alpha value is -2.01. The summed E-state index contributed by atoms with van der Waals surface area (Å²) >= 11 is 0. The third-order valence-corrected chi connectivity index (χ3v) is 3.36. The molecule has 2 aromatic heterocycles. The molecule has 0 unspecified atom stereocenters. The summed E-state index contributed by atoms with van der Waals surface area (Å²) in [4.78, 5) is 13.2. The Balaban J connectivity index is 1.84. The van der Waals surface area contributed by atoms with Crippen LogP contribution < -0.4 is 10.6 Å². The van der Waals surface area contributed by atoms with Crippen molar-refractivity contribution in [1.82, 2.24) is 20.3 Å². The highest BCUT2D eigenvalue weighted by molar-refractivity contribution is 5.54. The van der Waals surface area contributed by atoms with E-state index in [0.29, 0.717) is 5.92 Å². The van der Waals surface area contributed by atoms with Gasteiger partial charge in [0.15, 0.2) is 5.82 Å². The number of hydrogen-bond acceptors (Lipinski definition) is 5. The van der Waals surface area contributed by atoms with Gasteiger partial charge in [-0.05, 0) is 38.1 Å². The van der Waals surface area contributed by atoms with Gasteiger partial charge in [-0.2, -0.15) is 0 Å². The highest BCUT2D eigenvalue weighted by atomic mass is 15.1. The summed E-state index contributed by atoms with van der Waals surface area (Å²) in [6, 6.07) is 5.78. The van der Waals surface area contributed by atoms with E-state index in [1.165, 1.54) is 0 Å². The zero-order valence-corrected chi connectivity index (χ0v) is 10.7.